The molecule has 2 aromatic rings. The molecule has 0 amide bonds. The van der Waals surface area contributed by atoms with Gasteiger partial charge in [0.05, 0.1) is 5.69 Å². The Balaban J connectivity index is 1.85. The Morgan fingerprint density at radius 2 is 2.15 bits per heavy atom. The molecule has 1 aromatic carbocycles. The molecule has 1 unspecified atom stereocenters. The van der Waals surface area contributed by atoms with E-state index in [2.05, 4.69) is 26.2 Å². The molecular formula is C14H13BrN2O2S. The van der Waals surface area contributed by atoms with Crippen molar-refractivity contribution in [2.75, 3.05) is 5.32 Å². The smallest absolute Gasteiger partial charge is 0.312 e. The summed E-state index contributed by atoms with van der Waals surface area (Å²) in [5.74, 6) is -1.22. The zero-order valence-corrected chi connectivity index (χ0v) is 13.0. The average molecular weight is 353 g/mol. The molecule has 20 heavy (non-hydrogen) atoms. The summed E-state index contributed by atoms with van der Waals surface area (Å²) in [6, 6.07) is 7.82. The van der Waals surface area contributed by atoms with Crippen LogP contribution in [0, 0.1) is 0 Å². The Kier molecular flexibility index (Phi) is 3.76. The number of hydrogen-bond acceptors (Lipinski definition) is 4. The van der Waals surface area contributed by atoms with Gasteiger partial charge in [0.2, 0.25) is 0 Å². The number of carbonyl (C=O) groups is 1. The van der Waals surface area contributed by atoms with Gasteiger partial charge in [-0.25, -0.2) is 4.98 Å². The van der Waals surface area contributed by atoms with Crippen LogP contribution in [-0.2, 0) is 11.2 Å². The Bertz CT molecular complexity index is 639. The van der Waals surface area contributed by atoms with E-state index in [1.54, 1.807) is 11.3 Å². The third kappa shape index (κ3) is 2.71. The van der Waals surface area contributed by atoms with Crippen molar-refractivity contribution >= 4 is 44.1 Å². The summed E-state index contributed by atoms with van der Waals surface area (Å²) >= 11 is 4.95. The summed E-state index contributed by atoms with van der Waals surface area (Å²) in [7, 11) is 0. The van der Waals surface area contributed by atoms with Crippen LogP contribution in [0.15, 0.2) is 28.7 Å². The van der Waals surface area contributed by atoms with Gasteiger partial charge in [0.1, 0.15) is 5.92 Å². The number of aromatic nitrogens is 1. The van der Waals surface area contributed by atoms with Crippen molar-refractivity contribution < 1.29 is 9.90 Å². The Hall–Kier alpha value is -1.40. The number of aryl methyl sites for hydroxylation is 1. The van der Waals surface area contributed by atoms with Gasteiger partial charge in [-0.3, -0.25) is 4.79 Å². The van der Waals surface area contributed by atoms with Crippen LogP contribution in [0.4, 0.5) is 10.8 Å². The fourth-order valence-corrected chi connectivity index (χ4v) is 3.72. The molecule has 0 saturated carbocycles. The maximum absolute atomic E-state index is 11.3. The summed E-state index contributed by atoms with van der Waals surface area (Å²) in [5, 5.41) is 13.3. The molecule has 0 aliphatic heterocycles. The molecule has 104 valence electrons. The standard InChI is InChI=1S/C14H13BrN2O2S/c15-8-4-6-9(7-5-8)16-14-17-12-10(13(18)19)2-1-3-11(12)20-14/h4-7,10H,1-3H2,(H,16,17)(H,18,19). The third-order valence-corrected chi connectivity index (χ3v) is 4.92. The first kappa shape index (κ1) is 13.6. The summed E-state index contributed by atoms with van der Waals surface area (Å²) in [6.07, 6.45) is 2.53. The van der Waals surface area contributed by atoms with E-state index in [-0.39, 0.29) is 0 Å². The maximum atomic E-state index is 11.3. The topological polar surface area (TPSA) is 62.2 Å². The first-order valence-electron chi connectivity index (χ1n) is 6.38. The number of halogens is 1. The molecule has 1 aromatic heterocycles. The maximum Gasteiger partial charge on any atom is 0.312 e. The number of fused-ring (bicyclic) bond motifs is 1. The normalized spacial score (nSPS) is 17.6. The van der Waals surface area contributed by atoms with Crippen LogP contribution in [0.5, 0.6) is 0 Å². The van der Waals surface area contributed by atoms with Gasteiger partial charge < -0.3 is 10.4 Å². The van der Waals surface area contributed by atoms with Gasteiger partial charge in [-0.2, -0.15) is 0 Å². The van der Waals surface area contributed by atoms with Crippen LogP contribution in [0.25, 0.3) is 0 Å². The third-order valence-electron chi connectivity index (χ3n) is 3.35. The van der Waals surface area contributed by atoms with Gasteiger partial charge in [0.15, 0.2) is 5.13 Å². The summed E-state index contributed by atoms with van der Waals surface area (Å²) in [4.78, 5) is 16.8. The predicted octanol–water partition coefficient (Wildman–Crippen LogP) is 4.15. The molecule has 6 heteroatoms. The average Bonchev–Trinajstić information content (AvgIpc) is 2.83. The number of aliphatic carboxylic acids is 1. The first-order valence-corrected chi connectivity index (χ1v) is 7.99. The monoisotopic (exact) mass is 352 g/mol. The van der Waals surface area contributed by atoms with E-state index in [0.717, 1.165) is 38.7 Å². The summed E-state index contributed by atoms with van der Waals surface area (Å²) in [6.45, 7) is 0. The molecule has 3 rings (SSSR count). The van der Waals surface area contributed by atoms with Crippen LogP contribution >= 0.6 is 27.3 Å². The highest BCUT2D eigenvalue weighted by molar-refractivity contribution is 9.10. The molecular weight excluding hydrogens is 340 g/mol. The van der Waals surface area contributed by atoms with Crippen molar-refractivity contribution in [3.05, 3.63) is 39.3 Å². The number of rotatable bonds is 3. The fraction of sp³-hybridized carbons (Fsp3) is 0.286. The lowest BCUT2D eigenvalue weighted by molar-refractivity contribution is -0.139. The highest BCUT2D eigenvalue weighted by Crippen LogP contribution is 2.37. The molecule has 0 bridgehead atoms. The van der Waals surface area contributed by atoms with E-state index >= 15 is 0 Å². The second kappa shape index (κ2) is 5.54. The minimum Gasteiger partial charge on any atom is -0.481 e. The summed E-state index contributed by atoms with van der Waals surface area (Å²) < 4.78 is 1.02. The van der Waals surface area contributed by atoms with Crippen LogP contribution < -0.4 is 5.32 Å². The van der Waals surface area contributed by atoms with Crippen LogP contribution in [0.3, 0.4) is 0 Å². The Labute approximate surface area is 129 Å². The van der Waals surface area contributed by atoms with Crippen molar-refractivity contribution in [2.45, 2.75) is 25.2 Å². The van der Waals surface area contributed by atoms with Crippen LogP contribution in [0.1, 0.15) is 29.3 Å². The number of hydrogen-bond donors (Lipinski definition) is 2. The fourth-order valence-electron chi connectivity index (χ4n) is 2.37. The largest absolute Gasteiger partial charge is 0.481 e. The van der Waals surface area contributed by atoms with Crippen LogP contribution in [0.2, 0.25) is 0 Å². The lowest BCUT2D eigenvalue weighted by Crippen LogP contribution is -2.17. The van der Waals surface area contributed by atoms with Crippen molar-refractivity contribution in [3.8, 4) is 0 Å². The zero-order chi connectivity index (χ0) is 14.1. The van der Waals surface area contributed by atoms with E-state index in [1.165, 1.54) is 0 Å². The molecule has 0 saturated heterocycles. The van der Waals surface area contributed by atoms with E-state index in [1.807, 2.05) is 24.3 Å². The van der Waals surface area contributed by atoms with Crippen molar-refractivity contribution in [1.82, 2.24) is 4.98 Å². The predicted molar refractivity (Wildman–Crippen MR) is 82.9 cm³/mol. The van der Waals surface area contributed by atoms with E-state index in [9.17, 15) is 9.90 Å². The Morgan fingerprint density at radius 3 is 2.85 bits per heavy atom. The van der Waals surface area contributed by atoms with E-state index in [0.29, 0.717) is 6.42 Å². The van der Waals surface area contributed by atoms with E-state index in [4.69, 9.17) is 0 Å². The highest BCUT2D eigenvalue weighted by Gasteiger charge is 2.29. The van der Waals surface area contributed by atoms with Crippen molar-refractivity contribution in [2.24, 2.45) is 0 Å². The van der Waals surface area contributed by atoms with Gasteiger partial charge in [-0.05, 0) is 43.5 Å². The van der Waals surface area contributed by atoms with Gasteiger partial charge in [0, 0.05) is 15.0 Å². The number of carboxylic acid groups (broad SMARTS) is 1. The molecule has 1 aliphatic rings. The van der Waals surface area contributed by atoms with Gasteiger partial charge in [-0.1, -0.05) is 15.9 Å². The minimum atomic E-state index is -0.772. The Morgan fingerprint density at radius 1 is 1.40 bits per heavy atom. The van der Waals surface area contributed by atoms with E-state index < -0.39 is 11.9 Å². The molecule has 1 atom stereocenters. The molecule has 1 aliphatic carbocycles. The lowest BCUT2D eigenvalue weighted by Gasteiger charge is -2.16. The van der Waals surface area contributed by atoms with Crippen molar-refractivity contribution in [1.29, 1.82) is 0 Å². The molecule has 1 heterocycles. The SMILES string of the molecule is O=C(O)C1CCCc2sc(Nc3ccc(Br)cc3)nc21. The molecule has 4 nitrogen and oxygen atoms in total. The van der Waals surface area contributed by atoms with Gasteiger partial charge in [-0.15, -0.1) is 11.3 Å². The second-order valence-corrected chi connectivity index (χ2v) is 6.74. The number of anilines is 2. The minimum absolute atomic E-state index is 0.449. The molecule has 0 spiro atoms. The number of nitrogens with zero attached hydrogens (tertiary/aromatic N) is 1. The molecule has 0 fully saturated rings. The number of carboxylic acids is 1. The number of benzene rings is 1. The summed E-state index contributed by atoms with van der Waals surface area (Å²) in [5.41, 5.74) is 1.69. The van der Waals surface area contributed by atoms with Gasteiger partial charge >= 0.3 is 5.97 Å². The quantitative estimate of drug-likeness (QED) is 0.870. The van der Waals surface area contributed by atoms with Gasteiger partial charge in [0.25, 0.3) is 0 Å². The van der Waals surface area contributed by atoms with Crippen molar-refractivity contribution in [3.63, 3.8) is 0 Å². The molecule has 0 radical (unpaired) electrons. The molecule has 2 N–H and O–H groups in total. The second-order valence-electron chi connectivity index (χ2n) is 4.74. The van der Waals surface area contributed by atoms with Crippen LogP contribution in [-0.4, -0.2) is 16.1 Å². The lowest BCUT2D eigenvalue weighted by atomic mass is 9.91. The zero-order valence-electron chi connectivity index (χ0n) is 10.6. The first-order chi connectivity index (χ1) is 9.63. The number of thiazole rings is 1. The number of nitrogens with one attached hydrogen (secondary N) is 1. The highest BCUT2D eigenvalue weighted by atomic mass is 79.9.